The van der Waals surface area contributed by atoms with Gasteiger partial charge >= 0.3 is 0 Å². The molecule has 1 aromatic carbocycles. The molecule has 1 aliphatic rings. The van der Waals surface area contributed by atoms with Crippen LogP contribution in [0.3, 0.4) is 0 Å². The average Bonchev–Trinajstić information content (AvgIpc) is 2.65. The van der Waals surface area contributed by atoms with Crippen molar-refractivity contribution >= 4 is 25.9 Å². The van der Waals surface area contributed by atoms with Gasteiger partial charge in [0.05, 0.1) is 6.10 Å². The number of Topliss-reactive ketones (excluding diaryl/α,β-unsaturated/α-hetero) is 1. The summed E-state index contributed by atoms with van der Waals surface area (Å²) in [5.41, 5.74) is 0.900. The number of rotatable bonds is 8. The van der Waals surface area contributed by atoms with E-state index >= 15 is 0 Å². The van der Waals surface area contributed by atoms with Gasteiger partial charge in [0.25, 0.3) is 0 Å². The summed E-state index contributed by atoms with van der Waals surface area (Å²) in [7, 11) is -1.89. The van der Waals surface area contributed by atoms with Crippen molar-refractivity contribution < 1.29 is 9.22 Å². The lowest BCUT2D eigenvalue weighted by molar-refractivity contribution is -0.115. The lowest BCUT2D eigenvalue weighted by atomic mass is 9.92. The van der Waals surface area contributed by atoms with Crippen molar-refractivity contribution in [1.29, 1.82) is 0 Å². The topological polar surface area (TPSA) is 26.3 Å². The first-order valence-corrected chi connectivity index (χ1v) is 15.0. The van der Waals surface area contributed by atoms with Crippen molar-refractivity contribution in [2.75, 3.05) is 0 Å². The first-order chi connectivity index (χ1) is 13.9. The van der Waals surface area contributed by atoms with E-state index in [1.165, 1.54) is 4.90 Å². The Bertz CT molecular complexity index is 772. The predicted molar refractivity (Wildman–Crippen MR) is 133 cm³/mol. The quantitative estimate of drug-likeness (QED) is 0.300. The summed E-state index contributed by atoms with van der Waals surface area (Å²) in [5.74, 6) is 0.903. The van der Waals surface area contributed by atoms with E-state index in [0.29, 0.717) is 12.3 Å². The van der Waals surface area contributed by atoms with Gasteiger partial charge in [-0.15, -0.1) is 0 Å². The lowest BCUT2D eigenvalue weighted by Gasteiger charge is -2.42. The second-order valence-corrected chi connectivity index (χ2v) is 16.2. The molecule has 0 N–H and O–H groups in total. The molecule has 0 spiro atoms. The zero-order valence-electron chi connectivity index (χ0n) is 20.1. The van der Waals surface area contributed by atoms with Gasteiger partial charge in [-0.25, -0.2) is 0 Å². The second kappa shape index (κ2) is 10.5. The summed E-state index contributed by atoms with van der Waals surface area (Å²) in [6.07, 6.45) is 7.17. The molecule has 2 nitrogen and oxygen atoms in total. The van der Waals surface area contributed by atoms with Gasteiger partial charge in [0.2, 0.25) is 0 Å². The normalized spacial score (nSPS) is 18.4. The molecule has 0 saturated heterocycles. The van der Waals surface area contributed by atoms with Gasteiger partial charge in [-0.3, -0.25) is 4.79 Å². The maximum Gasteiger partial charge on any atom is 0.192 e. The minimum atomic E-state index is -1.89. The Labute approximate surface area is 189 Å². The number of carbonyl (C=O) groups excluding carboxylic acids is 1. The lowest BCUT2D eigenvalue weighted by Crippen LogP contribution is -2.46. The Balaban J connectivity index is 2.38. The molecule has 0 unspecified atom stereocenters. The van der Waals surface area contributed by atoms with Crippen LogP contribution in [0.1, 0.15) is 60.8 Å². The van der Waals surface area contributed by atoms with Gasteiger partial charge in [0.15, 0.2) is 14.1 Å². The number of hydrogen-bond donors (Lipinski definition) is 0. The van der Waals surface area contributed by atoms with Crippen molar-refractivity contribution in [2.24, 2.45) is 11.8 Å². The Kier molecular flexibility index (Phi) is 8.78. The van der Waals surface area contributed by atoms with Crippen LogP contribution in [-0.2, 0) is 9.22 Å². The highest BCUT2D eigenvalue weighted by Gasteiger charge is 2.40. The van der Waals surface area contributed by atoms with E-state index in [1.807, 2.05) is 6.07 Å². The third kappa shape index (κ3) is 6.70. The van der Waals surface area contributed by atoms with Gasteiger partial charge in [-0.2, -0.15) is 0 Å². The fraction of sp³-hybridized carbons (Fsp3) is 0.577. The summed E-state index contributed by atoms with van der Waals surface area (Å²) < 4.78 is 6.87. The Morgan fingerprint density at radius 1 is 1.13 bits per heavy atom. The van der Waals surface area contributed by atoms with Crippen molar-refractivity contribution in [3.8, 4) is 0 Å². The summed E-state index contributed by atoms with van der Waals surface area (Å²) in [6.45, 7) is 18.3. The molecule has 2 rings (SSSR count). The Morgan fingerprint density at radius 3 is 2.30 bits per heavy atom. The van der Waals surface area contributed by atoms with Gasteiger partial charge in [-0.05, 0) is 49.0 Å². The van der Waals surface area contributed by atoms with Crippen LogP contribution in [0.15, 0.2) is 57.9 Å². The van der Waals surface area contributed by atoms with Crippen LogP contribution in [-0.4, -0.2) is 20.2 Å². The van der Waals surface area contributed by atoms with E-state index in [4.69, 9.17) is 4.43 Å². The van der Waals surface area contributed by atoms with Crippen LogP contribution in [0.5, 0.6) is 0 Å². The van der Waals surface area contributed by atoms with E-state index in [9.17, 15) is 4.79 Å². The molecule has 0 aromatic heterocycles. The standard InChI is InChI=1S/C26H40O2SSi/c1-19(2)25(28-30(7,8)26(4,5)6)20(3)18-24(22-16-12-13-17-23(22)27)29-21-14-10-9-11-15-21/h9-11,14-16,18-20,25H,12-13,17H2,1-8H3/b24-18-/t20-,25+/m0/s1. The van der Waals surface area contributed by atoms with Crippen LogP contribution in [0.2, 0.25) is 18.1 Å². The zero-order valence-corrected chi connectivity index (χ0v) is 21.9. The van der Waals surface area contributed by atoms with E-state index in [0.717, 1.165) is 23.3 Å². The maximum atomic E-state index is 12.7. The Hall–Kier alpha value is -1.10. The highest BCUT2D eigenvalue weighted by Crippen LogP contribution is 2.41. The number of benzene rings is 1. The molecule has 1 aliphatic carbocycles. The summed E-state index contributed by atoms with van der Waals surface area (Å²) in [5, 5.41) is 0.174. The number of thioether (sulfide) groups is 1. The first kappa shape index (κ1) is 25.2. The number of carbonyl (C=O) groups is 1. The summed E-state index contributed by atoms with van der Waals surface area (Å²) in [4.78, 5) is 15.0. The van der Waals surface area contributed by atoms with E-state index in [2.05, 4.69) is 91.1 Å². The third-order valence-electron chi connectivity index (χ3n) is 6.32. The zero-order chi connectivity index (χ0) is 22.5. The molecular formula is C26H40O2SSi. The molecule has 0 saturated carbocycles. The molecule has 30 heavy (non-hydrogen) atoms. The van der Waals surface area contributed by atoms with Crippen LogP contribution < -0.4 is 0 Å². The molecule has 0 fully saturated rings. The van der Waals surface area contributed by atoms with Crippen molar-refractivity contribution in [3.63, 3.8) is 0 Å². The molecule has 0 radical (unpaired) electrons. The SMILES string of the molecule is CC(C)[C@@H](O[Si](C)(C)C(C)(C)C)[C@@H](C)/C=C(\Sc1ccccc1)C1=CCCCC1=O. The molecule has 0 amide bonds. The fourth-order valence-electron chi connectivity index (χ4n) is 3.49. The highest BCUT2D eigenvalue weighted by molar-refractivity contribution is 8.03. The molecule has 166 valence electrons. The summed E-state index contributed by atoms with van der Waals surface area (Å²) >= 11 is 1.71. The number of ketones is 1. The van der Waals surface area contributed by atoms with Crippen LogP contribution in [0, 0.1) is 11.8 Å². The molecule has 1 aromatic rings. The maximum absolute atomic E-state index is 12.7. The minimum Gasteiger partial charge on any atom is -0.413 e. The Morgan fingerprint density at radius 2 is 1.77 bits per heavy atom. The predicted octanol–water partition coefficient (Wildman–Crippen LogP) is 8.02. The molecule has 2 atom stereocenters. The molecular weight excluding hydrogens is 404 g/mol. The van der Waals surface area contributed by atoms with Crippen molar-refractivity contribution in [2.45, 2.75) is 89.9 Å². The van der Waals surface area contributed by atoms with Gasteiger partial charge in [0, 0.05) is 27.7 Å². The van der Waals surface area contributed by atoms with Gasteiger partial charge in [-0.1, -0.05) is 83.7 Å². The average molecular weight is 445 g/mol. The number of allylic oxidation sites excluding steroid dienone is 2. The summed E-state index contributed by atoms with van der Waals surface area (Å²) in [6, 6.07) is 10.4. The molecule has 0 bridgehead atoms. The van der Waals surface area contributed by atoms with E-state index in [1.54, 1.807) is 11.8 Å². The molecule has 4 heteroatoms. The third-order valence-corrected chi connectivity index (χ3v) is 11.9. The van der Waals surface area contributed by atoms with E-state index < -0.39 is 8.32 Å². The molecule has 0 aliphatic heterocycles. The van der Waals surface area contributed by atoms with Crippen LogP contribution in [0.4, 0.5) is 0 Å². The fourth-order valence-corrected chi connectivity index (χ4v) is 6.15. The smallest absolute Gasteiger partial charge is 0.192 e. The van der Waals surface area contributed by atoms with Gasteiger partial charge in [0.1, 0.15) is 0 Å². The number of hydrogen-bond acceptors (Lipinski definition) is 3. The largest absolute Gasteiger partial charge is 0.413 e. The van der Waals surface area contributed by atoms with Crippen LogP contribution in [0.25, 0.3) is 0 Å². The van der Waals surface area contributed by atoms with Gasteiger partial charge < -0.3 is 4.43 Å². The van der Waals surface area contributed by atoms with Crippen molar-refractivity contribution in [3.05, 3.63) is 53.0 Å². The molecule has 0 heterocycles. The minimum absolute atomic E-state index is 0.136. The highest BCUT2D eigenvalue weighted by atomic mass is 32.2. The van der Waals surface area contributed by atoms with E-state index in [-0.39, 0.29) is 22.8 Å². The van der Waals surface area contributed by atoms with Crippen LogP contribution >= 0.6 is 11.8 Å². The first-order valence-electron chi connectivity index (χ1n) is 11.3. The van der Waals surface area contributed by atoms with Crippen molar-refractivity contribution in [1.82, 2.24) is 0 Å². The second-order valence-electron chi connectivity index (χ2n) is 10.3. The monoisotopic (exact) mass is 444 g/mol.